The Balaban J connectivity index is 0.00000338. The summed E-state index contributed by atoms with van der Waals surface area (Å²) in [7, 11) is 2.08. The van der Waals surface area contributed by atoms with Crippen molar-refractivity contribution in [2.24, 2.45) is 10.9 Å². The minimum atomic E-state index is 0. The largest absolute Gasteiger partial charge is 0.379 e. The van der Waals surface area contributed by atoms with E-state index in [-0.39, 0.29) is 24.0 Å². The summed E-state index contributed by atoms with van der Waals surface area (Å²) in [5.74, 6) is 1.52. The molecule has 0 radical (unpaired) electrons. The molecule has 0 amide bonds. The molecule has 0 spiro atoms. The highest BCUT2D eigenvalue weighted by molar-refractivity contribution is 14.0. The van der Waals surface area contributed by atoms with Gasteiger partial charge in [-0.3, -0.25) is 9.89 Å². The Bertz CT molecular complexity index is 545. The Hall–Kier alpha value is -0.450. The fourth-order valence-corrected chi connectivity index (χ4v) is 3.71. The average molecular weight is 495 g/mol. The minimum absolute atomic E-state index is 0. The van der Waals surface area contributed by atoms with Crippen LogP contribution in [0.25, 0.3) is 0 Å². The van der Waals surface area contributed by atoms with Crippen LogP contribution in [0.1, 0.15) is 31.5 Å². The number of ether oxygens (including phenoxy) is 1. The van der Waals surface area contributed by atoms with Crippen LogP contribution in [-0.2, 0) is 11.3 Å². The molecule has 26 heavy (non-hydrogen) atoms. The molecule has 8 heteroatoms. The van der Waals surface area contributed by atoms with Gasteiger partial charge in [0.05, 0.1) is 37.0 Å². The van der Waals surface area contributed by atoms with Crippen LogP contribution in [0.2, 0.25) is 0 Å². The molecule has 6 nitrogen and oxygen atoms in total. The third kappa shape index (κ3) is 7.28. The van der Waals surface area contributed by atoms with E-state index in [1.165, 1.54) is 0 Å². The maximum absolute atomic E-state index is 5.50. The first-order valence-corrected chi connectivity index (χ1v) is 10.1. The van der Waals surface area contributed by atoms with Crippen LogP contribution in [0.4, 0.5) is 0 Å². The second-order valence-corrected chi connectivity index (χ2v) is 7.93. The van der Waals surface area contributed by atoms with Crippen molar-refractivity contribution < 1.29 is 4.74 Å². The molecule has 2 rings (SSSR count). The molecule has 0 aliphatic carbocycles. The number of guanidine groups is 1. The number of aliphatic imine (C=N–C) groups is 1. The standard InChI is InChI=1S/C18H33N5OS.HI/c1-6-19-18(22(5)12-16-13-25-15(4)21-16)20-11-17(14(2)3)23-7-9-24-10-8-23;/h13-14,17H,6-12H2,1-5H3,(H,19,20);1H. The summed E-state index contributed by atoms with van der Waals surface area (Å²) in [6.45, 7) is 14.8. The molecule has 2 heterocycles. The van der Waals surface area contributed by atoms with Gasteiger partial charge in [-0.1, -0.05) is 13.8 Å². The van der Waals surface area contributed by atoms with Gasteiger partial charge < -0.3 is 15.0 Å². The Morgan fingerprint density at radius 3 is 2.65 bits per heavy atom. The third-order valence-corrected chi connectivity index (χ3v) is 5.30. The number of aryl methyl sites for hydroxylation is 1. The molecule has 0 aromatic carbocycles. The van der Waals surface area contributed by atoms with Crippen molar-refractivity contribution in [3.8, 4) is 0 Å². The van der Waals surface area contributed by atoms with Gasteiger partial charge in [0.2, 0.25) is 0 Å². The first kappa shape index (κ1) is 23.6. The number of nitrogens with one attached hydrogen (secondary N) is 1. The number of nitrogens with zero attached hydrogens (tertiary/aromatic N) is 4. The van der Waals surface area contributed by atoms with Gasteiger partial charge in [-0.15, -0.1) is 35.3 Å². The van der Waals surface area contributed by atoms with E-state index < -0.39 is 0 Å². The zero-order chi connectivity index (χ0) is 18.2. The van der Waals surface area contributed by atoms with Gasteiger partial charge in [-0.05, 0) is 19.8 Å². The number of aromatic nitrogens is 1. The van der Waals surface area contributed by atoms with Gasteiger partial charge in [0.1, 0.15) is 0 Å². The van der Waals surface area contributed by atoms with E-state index in [1.807, 2.05) is 6.92 Å². The Morgan fingerprint density at radius 2 is 2.12 bits per heavy atom. The summed E-state index contributed by atoms with van der Waals surface area (Å²) >= 11 is 1.70. The summed E-state index contributed by atoms with van der Waals surface area (Å²) in [4.78, 5) is 14.2. The van der Waals surface area contributed by atoms with Gasteiger partial charge in [-0.2, -0.15) is 0 Å². The van der Waals surface area contributed by atoms with E-state index in [0.717, 1.165) is 62.6 Å². The number of rotatable bonds is 7. The van der Waals surface area contributed by atoms with Crippen LogP contribution in [0.3, 0.4) is 0 Å². The Kier molecular flexibility index (Phi) is 11.0. The van der Waals surface area contributed by atoms with Crippen molar-refractivity contribution in [1.29, 1.82) is 0 Å². The van der Waals surface area contributed by atoms with Crippen LogP contribution in [-0.4, -0.2) is 73.2 Å². The van der Waals surface area contributed by atoms with Crippen LogP contribution in [0.5, 0.6) is 0 Å². The van der Waals surface area contributed by atoms with Crippen LogP contribution >= 0.6 is 35.3 Å². The maximum atomic E-state index is 5.50. The lowest BCUT2D eigenvalue weighted by molar-refractivity contribution is 0.00863. The van der Waals surface area contributed by atoms with Gasteiger partial charge in [0.25, 0.3) is 0 Å². The quantitative estimate of drug-likeness (QED) is 0.358. The highest BCUT2D eigenvalue weighted by Crippen LogP contribution is 2.14. The molecule has 150 valence electrons. The molecule has 1 aromatic heterocycles. The van der Waals surface area contributed by atoms with Crippen molar-refractivity contribution in [3.05, 3.63) is 16.1 Å². The average Bonchev–Trinajstić information content (AvgIpc) is 2.99. The lowest BCUT2D eigenvalue weighted by Crippen LogP contribution is -2.48. The van der Waals surface area contributed by atoms with E-state index in [2.05, 4.69) is 53.3 Å². The monoisotopic (exact) mass is 495 g/mol. The maximum Gasteiger partial charge on any atom is 0.194 e. The Morgan fingerprint density at radius 1 is 1.42 bits per heavy atom. The van der Waals surface area contributed by atoms with Gasteiger partial charge in [0.15, 0.2) is 5.96 Å². The van der Waals surface area contributed by atoms with E-state index >= 15 is 0 Å². The highest BCUT2D eigenvalue weighted by atomic mass is 127. The molecular weight excluding hydrogens is 461 g/mol. The molecule has 0 saturated carbocycles. The van der Waals surface area contributed by atoms with Gasteiger partial charge >= 0.3 is 0 Å². The van der Waals surface area contributed by atoms with Crippen molar-refractivity contribution in [3.63, 3.8) is 0 Å². The number of thiazole rings is 1. The molecule has 1 aliphatic heterocycles. The van der Waals surface area contributed by atoms with E-state index in [9.17, 15) is 0 Å². The normalized spacial score (nSPS) is 17.1. The lowest BCUT2D eigenvalue weighted by atomic mass is 10.0. The molecule has 1 aromatic rings. The number of morpholine rings is 1. The topological polar surface area (TPSA) is 53.0 Å². The third-order valence-electron chi connectivity index (χ3n) is 4.47. The highest BCUT2D eigenvalue weighted by Gasteiger charge is 2.24. The first-order chi connectivity index (χ1) is 12.0. The summed E-state index contributed by atoms with van der Waals surface area (Å²) in [5.41, 5.74) is 1.10. The molecular formula is C18H34IN5OS. The second-order valence-electron chi connectivity index (χ2n) is 6.87. The Labute approximate surface area is 179 Å². The SMILES string of the molecule is CCNC(=NCC(C(C)C)N1CCOCC1)N(C)Cc1csc(C)n1.I. The number of hydrogen-bond acceptors (Lipinski definition) is 5. The smallest absolute Gasteiger partial charge is 0.194 e. The molecule has 1 unspecified atom stereocenters. The van der Waals surface area contributed by atoms with Gasteiger partial charge in [0, 0.05) is 38.1 Å². The van der Waals surface area contributed by atoms with Crippen LogP contribution in [0.15, 0.2) is 10.4 Å². The number of hydrogen-bond donors (Lipinski definition) is 1. The van der Waals surface area contributed by atoms with Crippen molar-refractivity contribution >= 4 is 41.3 Å². The van der Waals surface area contributed by atoms with E-state index in [4.69, 9.17) is 9.73 Å². The zero-order valence-corrected chi connectivity index (χ0v) is 19.8. The predicted molar refractivity (Wildman–Crippen MR) is 121 cm³/mol. The van der Waals surface area contributed by atoms with E-state index in [0.29, 0.717) is 12.0 Å². The summed E-state index contributed by atoms with van der Waals surface area (Å²) in [5, 5.41) is 6.65. The molecule has 1 saturated heterocycles. The first-order valence-electron chi connectivity index (χ1n) is 9.23. The summed E-state index contributed by atoms with van der Waals surface area (Å²) < 4.78 is 5.50. The molecule has 1 N–H and O–H groups in total. The molecule has 1 atom stereocenters. The summed E-state index contributed by atoms with van der Waals surface area (Å²) in [6, 6.07) is 0.451. The zero-order valence-electron chi connectivity index (χ0n) is 16.7. The fraction of sp³-hybridized carbons (Fsp3) is 0.778. The van der Waals surface area contributed by atoms with Crippen molar-refractivity contribution in [1.82, 2.24) is 20.1 Å². The van der Waals surface area contributed by atoms with Gasteiger partial charge in [-0.25, -0.2) is 4.98 Å². The number of halogens is 1. The summed E-state index contributed by atoms with van der Waals surface area (Å²) in [6.07, 6.45) is 0. The minimum Gasteiger partial charge on any atom is -0.379 e. The molecule has 1 fully saturated rings. The molecule has 1 aliphatic rings. The van der Waals surface area contributed by atoms with E-state index in [1.54, 1.807) is 11.3 Å². The van der Waals surface area contributed by atoms with Crippen molar-refractivity contribution in [2.75, 3.05) is 46.4 Å². The molecule has 0 bridgehead atoms. The second kappa shape index (κ2) is 12.1. The van der Waals surface area contributed by atoms with Crippen molar-refractivity contribution in [2.45, 2.75) is 40.3 Å². The fourth-order valence-electron chi connectivity index (χ4n) is 3.11. The van der Waals surface area contributed by atoms with Crippen LogP contribution < -0.4 is 5.32 Å². The van der Waals surface area contributed by atoms with Crippen LogP contribution in [0, 0.1) is 12.8 Å². The lowest BCUT2D eigenvalue weighted by Gasteiger charge is -2.36. The predicted octanol–water partition coefficient (Wildman–Crippen LogP) is 2.82.